The minimum Gasteiger partial charge on any atom is -0.486 e. The topological polar surface area (TPSA) is 42.8 Å². The van der Waals surface area contributed by atoms with Gasteiger partial charge in [-0.3, -0.25) is 14.5 Å². The number of rotatable bonds is 5. The molecule has 4 heterocycles. The van der Waals surface area contributed by atoms with Gasteiger partial charge in [0.2, 0.25) is 0 Å². The van der Waals surface area contributed by atoms with Crippen LogP contribution < -0.4 is 9.47 Å². The number of thiophene rings is 1. The van der Waals surface area contributed by atoms with Crippen LogP contribution in [0.1, 0.15) is 16.9 Å². The van der Waals surface area contributed by atoms with E-state index in [2.05, 4.69) is 45.6 Å². The minimum atomic E-state index is 0.598. The zero-order valence-corrected chi connectivity index (χ0v) is 18.2. The van der Waals surface area contributed by atoms with Gasteiger partial charge in [-0.1, -0.05) is 6.07 Å². The molecule has 0 bridgehead atoms. The Morgan fingerprint density at radius 3 is 2.57 bits per heavy atom. The van der Waals surface area contributed by atoms with Gasteiger partial charge in [-0.25, -0.2) is 0 Å². The minimum absolute atomic E-state index is 0.598. The highest BCUT2D eigenvalue weighted by atomic mass is 32.1. The van der Waals surface area contributed by atoms with Crippen LogP contribution in [-0.4, -0.2) is 59.0 Å². The van der Waals surface area contributed by atoms with Crippen molar-refractivity contribution in [2.45, 2.75) is 19.5 Å². The Morgan fingerprint density at radius 2 is 1.77 bits per heavy atom. The van der Waals surface area contributed by atoms with E-state index in [4.69, 9.17) is 14.6 Å². The average molecular weight is 425 g/mol. The molecule has 5 rings (SSSR count). The summed E-state index contributed by atoms with van der Waals surface area (Å²) in [6, 6.07) is 10.5. The van der Waals surface area contributed by atoms with Crippen LogP contribution in [-0.2, 0) is 20.1 Å². The first-order chi connectivity index (χ1) is 14.7. The highest BCUT2D eigenvalue weighted by molar-refractivity contribution is 7.09. The van der Waals surface area contributed by atoms with Crippen molar-refractivity contribution in [2.24, 2.45) is 7.05 Å². The molecule has 1 saturated heterocycles. The van der Waals surface area contributed by atoms with Crippen LogP contribution in [0.3, 0.4) is 0 Å². The Kier molecular flexibility index (Phi) is 5.75. The number of aryl methyl sites for hydroxylation is 1. The molecular weight excluding hydrogens is 396 g/mol. The molecule has 7 heteroatoms. The van der Waals surface area contributed by atoms with Crippen molar-refractivity contribution < 1.29 is 9.47 Å². The molecule has 30 heavy (non-hydrogen) atoms. The summed E-state index contributed by atoms with van der Waals surface area (Å²) in [6.07, 6.45) is 3.35. The molecule has 0 unspecified atom stereocenters. The number of benzene rings is 1. The summed E-state index contributed by atoms with van der Waals surface area (Å²) in [4.78, 5) is 6.60. The highest BCUT2D eigenvalue weighted by Crippen LogP contribution is 2.35. The van der Waals surface area contributed by atoms with Gasteiger partial charge in [0.1, 0.15) is 13.2 Å². The highest BCUT2D eigenvalue weighted by Gasteiger charge is 2.20. The van der Waals surface area contributed by atoms with Crippen LogP contribution in [0, 0.1) is 0 Å². The molecule has 1 aromatic carbocycles. The molecule has 0 radical (unpaired) electrons. The molecule has 0 atom stereocenters. The molecule has 1 fully saturated rings. The third-order valence-electron chi connectivity index (χ3n) is 5.75. The summed E-state index contributed by atoms with van der Waals surface area (Å²) in [5, 5.41) is 6.94. The lowest BCUT2D eigenvalue weighted by atomic mass is 10.1. The number of nitrogens with zero attached hydrogens (tertiary/aromatic N) is 4. The fraction of sp³-hybridized carbons (Fsp3) is 0.435. The molecule has 0 N–H and O–H groups in total. The van der Waals surface area contributed by atoms with Crippen molar-refractivity contribution in [3.05, 3.63) is 52.3 Å². The van der Waals surface area contributed by atoms with Crippen LogP contribution >= 0.6 is 11.3 Å². The monoisotopic (exact) mass is 424 g/mol. The second-order valence-corrected chi connectivity index (χ2v) is 9.05. The van der Waals surface area contributed by atoms with E-state index in [1.165, 1.54) is 16.9 Å². The molecule has 0 aliphatic carbocycles. The molecule has 2 aliphatic rings. The molecular formula is C23H28N4O2S. The largest absolute Gasteiger partial charge is 0.486 e. The van der Waals surface area contributed by atoms with E-state index in [-0.39, 0.29) is 0 Å². The predicted octanol–water partition coefficient (Wildman–Crippen LogP) is 3.63. The Morgan fingerprint density at radius 1 is 0.967 bits per heavy atom. The van der Waals surface area contributed by atoms with Crippen molar-refractivity contribution in [3.8, 4) is 22.8 Å². The van der Waals surface area contributed by atoms with E-state index < -0.39 is 0 Å². The molecule has 0 amide bonds. The first-order valence-electron chi connectivity index (χ1n) is 10.6. The van der Waals surface area contributed by atoms with Gasteiger partial charge in [0.15, 0.2) is 11.5 Å². The Balaban J connectivity index is 1.29. The summed E-state index contributed by atoms with van der Waals surface area (Å²) in [6.45, 7) is 7.68. The van der Waals surface area contributed by atoms with Crippen LogP contribution in [0.15, 0.2) is 41.9 Å². The standard InChI is InChI=1S/C23H28N4O2S/c1-25-15-19(23(24-25)18-5-6-21-22(14-18)29-12-11-28-21)16-26-7-3-8-27(10-9-26)17-20-4-2-13-30-20/h2,4-6,13-15H,3,7-12,16-17H2,1H3. The van der Waals surface area contributed by atoms with E-state index in [0.717, 1.165) is 62.0 Å². The van der Waals surface area contributed by atoms with Crippen molar-refractivity contribution >= 4 is 11.3 Å². The summed E-state index contributed by atoms with van der Waals surface area (Å²) < 4.78 is 13.4. The summed E-state index contributed by atoms with van der Waals surface area (Å²) in [5.74, 6) is 1.63. The lowest BCUT2D eigenvalue weighted by Gasteiger charge is -2.21. The fourth-order valence-electron chi connectivity index (χ4n) is 4.29. The van der Waals surface area contributed by atoms with Gasteiger partial charge < -0.3 is 9.47 Å². The van der Waals surface area contributed by atoms with E-state index in [0.29, 0.717) is 13.2 Å². The van der Waals surface area contributed by atoms with Gasteiger partial charge in [-0.15, -0.1) is 11.3 Å². The second-order valence-electron chi connectivity index (χ2n) is 8.02. The molecule has 0 spiro atoms. The van der Waals surface area contributed by atoms with Gasteiger partial charge in [0, 0.05) is 55.4 Å². The predicted molar refractivity (Wildman–Crippen MR) is 119 cm³/mol. The quantitative estimate of drug-likeness (QED) is 0.626. The second kappa shape index (κ2) is 8.79. The Bertz CT molecular complexity index is 985. The van der Waals surface area contributed by atoms with E-state index in [1.807, 2.05) is 29.1 Å². The number of hydrogen-bond donors (Lipinski definition) is 0. The maximum atomic E-state index is 5.78. The molecule has 158 valence electrons. The number of aromatic nitrogens is 2. The van der Waals surface area contributed by atoms with Gasteiger partial charge >= 0.3 is 0 Å². The van der Waals surface area contributed by atoms with Gasteiger partial charge in [0.05, 0.1) is 5.69 Å². The van der Waals surface area contributed by atoms with E-state index >= 15 is 0 Å². The van der Waals surface area contributed by atoms with Crippen LogP contribution in [0.5, 0.6) is 11.5 Å². The Labute approximate surface area is 181 Å². The number of hydrogen-bond acceptors (Lipinski definition) is 6. The molecule has 2 aromatic heterocycles. The maximum absolute atomic E-state index is 5.78. The molecule has 0 saturated carbocycles. The normalized spacial score (nSPS) is 17.8. The fourth-order valence-corrected chi connectivity index (χ4v) is 5.04. The van der Waals surface area contributed by atoms with Crippen LogP contribution in [0.2, 0.25) is 0 Å². The lowest BCUT2D eigenvalue weighted by molar-refractivity contribution is 0.171. The first kappa shape index (κ1) is 19.6. The number of ether oxygens (including phenoxy) is 2. The van der Waals surface area contributed by atoms with Gasteiger partial charge in [-0.2, -0.15) is 5.10 Å². The third-order valence-corrected chi connectivity index (χ3v) is 6.62. The summed E-state index contributed by atoms with van der Waals surface area (Å²) in [5.41, 5.74) is 3.39. The summed E-state index contributed by atoms with van der Waals surface area (Å²) >= 11 is 1.85. The van der Waals surface area contributed by atoms with Crippen LogP contribution in [0.4, 0.5) is 0 Å². The van der Waals surface area contributed by atoms with Crippen LogP contribution in [0.25, 0.3) is 11.3 Å². The van der Waals surface area contributed by atoms with Crippen molar-refractivity contribution in [2.75, 3.05) is 39.4 Å². The zero-order chi connectivity index (χ0) is 20.3. The Hall–Kier alpha value is -2.35. The van der Waals surface area contributed by atoms with Crippen molar-refractivity contribution in [1.82, 2.24) is 19.6 Å². The van der Waals surface area contributed by atoms with Crippen molar-refractivity contribution in [3.63, 3.8) is 0 Å². The SMILES string of the molecule is Cn1cc(CN2CCCN(Cc3cccs3)CC2)c(-c2ccc3c(c2)OCCO3)n1. The first-order valence-corrected chi connectivity index (χ1v) is 11.5. The number of fused-ring (bicyclic) bond motifs is 1. The van der Waals surface area contributed by atoms with E-state index in [9.17, 15) is 0 Å². The molecule has 6 nitrogen and oxygen atoms in total. The van der Waals surface area contributed by atoms with Crippen molar-refractivity contribution in [1.29, 1.82) is 0 Å². The molecule has 3 aromatic rings. The molecule has 2 aliphatic heterocycles. The van der Waals surface area contributed by atoms with Gasteiger partial charge in [-0.05, 0) is 49.2 Å². The zero-order valence-electron chi connectivity index (χ0n) is 17.4. The smallest absolute Gasteiger partial charge is 0.162 e. The lowest BCUT2D eigenvalue weighted by Crippen LogP contribution is -2.30. The third kappa shape index (κ3) is 4.38. The summed E-state index contributed by atoms with van der Waals surface area (Å²) in [7, 11) is 2.00. The van der Waals surface area contributed by atoms with E-state index in [1.54, 1.807) is 0 Å². The van der Waals surface area contributed by atoms with Gasteiger partial charge in [0.25, 0.3) is 0 Å². The average Bonchev–Trinajstić information content (AvgIpc) is 3.34. The maximum Gasteiger partial charge on any atom is 0.162 e.